The Bertz CT molecular complexity index is 1370. The van der Waals surface area contributed by atoms with Gasteiger partial charge in [-0.2, -0.15) is 0 Å². The van der Waals surface area contributed by atoms with Crippen LogP contribution in [0.3, 0.4) is 0 Å². The zero-order valence-corrected chi connectivity index (χ0v) is 20.0. The fourth-order valence-corrected chi connectivity index (χ4v) is 6.25. The Morgan fingerprint density at radius 3 is 2.64 bits per heavy atom. The van der Waals surface area contributed by atoms with Gasteiger partial charge in [-0.1, -0.05) is 47.5 Å². The van der Waals surface area contributed by atoms with Crippen LogP contribution in [0.25, 0.3) is 0 Å². The first-order valence-electron chi connectivity index (χ1n) is 10.5. The van der Waals surface area contributed by atoms with Crippen molar-refractivity contribution in [1.29, 1.82) is 0 Å². The number of benzene rings is 3. The molecule has 8 heteroatoms. The number of hydrogen-bond donors (Lipinski definition) is 2. The lowest BCUT2D eigenvalue weighted by atomic mass is 9.77. The molecule has 170 valence electrons. The maximum Gasteiger partial charge on any atom is 0.261 e. The molecule has 1 aliphatic heterocycles. The highest BCUT2D eigenvalue weighted by atomic mass is 35.5. The van der Waals surface area contributed by atoms with E-state index >= 15 is 0 Å². The van der Waals surface area contributed by atoms with Gasteiger partial charge >= 0.3 is 0 Å². The quantitative estimate of drug-likeness (QED) is 0.375. The third-order valence-corrected chi connectivity index (χ3v) is 8.50. The zero-order chi connectivity index (χ0) is 23.3. The summed E-state index contributed by atoms with van der Waals surface area (Å²) < 4.78 is 43.5. The Labute approximate surface area is 202 Å². The normalized spacial score (nSPS) is 21.3. The fourth-order valence-electron chi connectivity index (χ4n) is 4.70. The topological polar surface area (TPSA) is 58.2 Å². The van der Waals surface area contributed by atoms with E-state index in [2.05, 4.69) is 22.2 Å². The number of fused-ring (bicyclic) bond motifs is 3. The second-order valence-electron chi connectivity index (χ2n) is 8.43. The summed E-state index contributed by atoms with van der Waals surface area (Å²) in [6.07, 6.45) is 4.86. The van der Waals surface area contributed by atoms with Crippen molar-refractivity contribution in [1.82, 2.24) is 0 Å². The second-order valence-corrected chi connectivity index (χ2v) is 10.9. The van der Waals surface area contributed by atoms with Gasteiger partial charge in [-0.15, -0.1) is 0 Å². The van der Waals surface area contributed by atoms with Gasteiger partial charge < -0.3 is 5.32 Å². The molecule has 5 rings (SSSR count). The molecule has 3 aromatic rings. The molecule has 0 amide bonds. The summed E-state index contributed by atoms with van der Waals surface area (Å²) in [6.45, 7) is 1.85. The van der Waals surface area contributed by atoms with Gasteiger partial charge in [0, 0.05) is 27.2 Å². The number of hydrogen-bond acceptors (Lipinski definition) is 3. The van der Waals surface area contributed by atoms with Gasteiger partial charge in [0.15, 0.2) is 0 Å². The molecule has 0 unspecified atom stereocenters. The zero-order valence-electron chi connectivity index (χ0n) is 17.6. The van der Waals surface area contributed by atoms with E-state index in [0.717, 1.165) is 23.2 Å². The van der Waals surface area contributed by atoms with Gasteiger partial charge in [0.25, 0.3) is 10.0 Å². The van der Waals surface area contributed by atoms with Crippen molar-refractivity contribution in [3.63, 3.8) is 0 Å². The van der Waals surface area contributed by atoms with Crippen LogP contribution in [0, 0.1) is 18.7 Å². The van der Waals surface area contributed by atoms with E-state index in [1.807, 2.05) is 6.92 Å². The van der Waals surface area contributed by atoms with Gasteiger partial charge in [0.05, 0.1) is 16.6 Å². The minimum absolute atomic E-state index is 0.0220. The van der Waals surface area contributed by atoms with E-state index in [9.17, 15) is 12.8 Å². The predicted octanol–water partition coefficient (Wildman–Crippen LogP) is 7.07. The Hall–Kier alpha value is -2.54. The number of rotatable bonds is 4. The summed E-state index contributed by atoms with van der Waals surface area (Å²) in [4.78, 5) is 0.154. The monoisotopic (exact) mass is 502 g/mol. The SMILES string of the molecule is Cc1ccc(NS(=O)(=O)c2ccc3c(c2)[C@H]2C=CC[C@H]2[C@@H](c2c(F)cccc2Cl)N3)cc1Cl. The van der Waals surface area contributed by atoms with Crippen LogP contribution in [0.2, 0.25) is 10.0 Å². The van der Waals surface area contributed by atoms with Gasteiger partial charge in [0.2, 0.25) is 0 Å². The largest absolute Gasteiger partial charge is 0.378 e. The van der Waals surface area contributed by atoms with Crippen molar-refractivity contribution in [2.45, 2.75) is 30.2 Å². The van der Waals surface area contributed by atoms with Crippen LogP contribution in [0.15, 0.2) is 71.6 Å². The van der Waals surface area contributed by atoms with E-state index in [1.54, 1.807) is 48.5 Å². The Morgan fingerprint density at radius 1 is 1.06 bits per heavy atom. The average Bonchev–Trinajstić information content (AvgIpc) is 3.26. The Kier molecular flexibility index (Phi) is 5.63. The summed E-state index contributed by atoms with van der Waals surface area (Å²) in [7, 11) is -3.83. The molecule has 33 heavy (non-hydrogen) atoms. The number of anilines is 2. The van der Waals surface area contributed by atoms with Crippen LogP contribution in [0.4, 0.5) is 15.8 Å². The van der Waals surface area contributed by atoms with E-state index in [4.69, 9.17) is 23.2 Å². The predicted molar refractivity (Wildman–Crippen MR) is 131 cm³/mol. The van der Waals surface area contributed by atoms with Gasteiger partial charge in [0.1, 0.15) is 5.82 Å². The minimum Gasteiger partial charge on any atom is -0.378 e. The van der Waals surface area contributed by atoms with Crippen LogP contribution in [0.1, 0.15) is 35.1 Å². The molecule has 0 aromatic heterocycles. The fraction of sp³-hybridized carbons (Fsp3) is 0.200. The first-order valence-corrected chi connectivity index (χ1v) is 12.8. The van der Waals surface area contributed by atoms with Crippen molar-refractivity contribution >= 4 is 44.6 Å². The molecule has 0 saturated carbocycles. The highest BCUT2D eigenvalue weighted by Gasteiger charge is 2.40. The molecule has 0 bridgehead atoms. The standard InChI is InChI=1S/C25H21Cl2FN2O2S/c1-14-8-9-15(12-21(14)27)30-33(31,32)16-10-11-23-19(13-16)17-4-2-5-18(17)25(29-23)24-20(26)6-3-7-22(24)28/h2-4,6-13,17-18,25,29-30H,5H2,1H3/t17-,18+,25-/m0/s1. The molecule has 0 spiro atoms. The molecule has 4 nitrogen and oxygen atoms in total. The molecule has 2 N–H and O–H groups in total. The first kappa shape index (κ1) is 22.3. The molecule has 1 aliphatic carbocycles. The van der Waals surface area contributed by atoms with Crippen LogP contribution < -0.4 is 10.0 Å². The smallest absolute Gasteiger partial charge is 0.261 e. The highest BCUT2D eigenvalue weighted by molar-refractivity contribution is 7.92. The van der Waals surface area contributed by atoms with Crippen molar-refractivity contribution in [3.8, 4) is 0 Å². The maximum atomic E-state index is 14.7. The third-order valence-electron chi connectivity index (χ3n) is 6.38. The number of sulfonamides is 1. The number of nitrogens with one attached hydrogen (secondary N) is 2. The molecule has 1 heterocycles. The first-order chi connectivity index (χ1) is 15.7. The maximum absolute atomic E-state index is 14.7. The second kappa shape index (κ2) is 8.35. The average molecular weight is 503 g/mol. The van der Waals surface area contributed by atoms with Gasteiger partial charge in [-0.05, 0) is 72.9 Å². The number of aryl methyl sites for hydroxylation is 1. The van der Waals surface area contributed by atoms with Gasteiger partial charge in [-0.3, -0.25) is 4.72 Å². The molecular weight excluding hydrogens is 482 g/mol. The van der Waals surface area contributed by atoms with E-state index in [-0.39, 0.29) is 28.6 Å². The third kappa shape index (κ3) is 4.01. The lowest BCUT2D eigenvalue weighted by molar-refractivity contribution is 0.413. The summed E-state index contributed by atoms with van der Waals surface area (Å²) in [5.41, 5.74) is 3.34. The summed E-state index contributed by atoms with van der Waals surface area (Å²) in [5, 5.41) is 4.28. The minimum atomic E-state index is -3.83. The molecular formula is C25H21Cl2FN2O2S. The van der Waals surface area contributed by atoms with Gasteiger partial charge in [-0.25, -0.2) is 12.8 Å². The lowest BCUT2D eigenvalue weighted by Crippen LogP contribution is -2.30. The van der Waals surface area contributed by atoms with Crippen molar-refractivity contribution in [3.05, 3.63) is 99.3 Å². The van der Waals surface area contributed by atoms with Crippen molar-refractivity contribution in [2.75, 3.05) is 10.0 Å². The Morgan fingerprint density at radius 2 is 1.88 bits per heavy atom. The van der Waals surface area contributed by atoms with Crippen LogP contribution in [-0.2, 0) is 10.0 Å². The van der Waals surface area contributed by atoms with Crippen LogP contribution >= 0.6 is 23.2 Å². The molecule has 0 saturated heterocycles. The number of allylic oxidation sites excluding steroid dienone is 2. The van der Waals surface area contributed by atoms with Crippen molar-refractivity contribution in [2.24, 2.45) is 5.92 Å². The summed E-state index contributed by atoms with van der Waals surface area (Å²) in [6, 6.07) is 14.4. The van der Waals surface area contributed by atoms with E-state index in [1.165, 1.54) is 6.07 Å². The molecule has 0 radical (unpaired) electrons. The lowest BCUT2D eigenvalue weighted by Gasteiger charge is -2.38. The molecule has 3 atom stereocenters. The number of halogens is 3. The van der Waals surface area contributed by atoms with E-state index < -0.39 is 10.0 Å². The van der Waals surface area contributed by atoms with Crippen LogP contribution in [0.5, 0.6) is 0 Å². The molecule has 0 fully saturated rings. The summed E-state index contributed by atoms with van der Waals surface area (Å²) >= 11 is 12.5. The summed E-state index contributed by atoms with van der Waals surface area (Å²) in [5.74, 6) is -0.381. The molecule has 2 aliphatic rings. The molecule has 3 aromatic carbocycles. The Balaban J connectivity index is 1.51. The highest BCUT2D eigenvalue weighted by Crippen LogP contribution is 2.51. The van der Waals surface area contributed by atoms with Crippen LogP contribution in [-0.4, -0.2) is 8.42 Å². The van der Waals surface area contributed by atoms with Crippen molar-refractivity contribution < 1.29 is 12.8 Å². The van der Waals surface area contributed by atoms with E-state index in [0.29, 0.717) is 21.3 Å².